The highest BCUT2D eigenvalue weighted by atomic mass is 16.5. The third-order valence-electron chi connectivity index (χ3n) is 4.62. The molecule has 0 saturated carbocycles. The number of methoxy groups -OCH3 is 1. The summed E-state index contributed by atoms with van der Waals surface area (Å²) in [5.41, 5.74) is 0.397. The Morgan fingerprint density at radius 3 is 2.69 bits per heavy atom. The van der Waals surface area contributed by atoms with Crippen LogP contribution in [-0.4, -0.2) is 61.4 Å². The number of nitrogens with one attached hydrogen (secondary N) is 1. The predicted molar refractivity (Wildman–Crippen MR) is 99.2 cm³/mol. The van der Waals surface area contributed by atoms with Crippen molar-refractivity contribution in [3.05, 3.63) is 40.9 Å². The largest absolute Gasteiger partial charge is 0.493 e. The molecule has 2 aromatic carbocycles. The molecule has 4 rings (SSSR count). The predicted octanol–water partition coefficient (Wildman–Crippen LogP) is 1.80. The summed E-state index contributed by atoms with van der Waals surface area (Å²) in [6, 6.07) is 7.81. The molecular formula is C19H21N3O4. The molecule has 2 heterocycles. The summed E-state index contributed by atoms with van der Waals surface area (Å²) in [4.78, 5) is 20.3. The molecule has 1 N–H and O–H groups in total. The molecule has 7 nitrogen and oxygen atoms in total. The third kappa shape index (κ3) is 3.49. The van der Waals surface area contributed by atoms with Crippen molar-refractivity contribution in [2.24, 2.45) is 0 Å². The Hall–Kier alpha value is -2.64. The number of hydrogen-bond donors (Lipinski definition) is 1. The minimum atomic E-state index is -0.354. The van der Waals surface area contributed by atoms with Gasteiger partial charge in [0, 0.05) is 31.2 Å². The standard InChI is InChI=1S/C19H21N3O4/c1-24-17-10-13-8-15-12-20-19(23)21-16(15)9-14(13)11-18(17)26-7-4-22-2-5-25-6-3-22/h8-12H,2-7H2,1H3,(H,20,21,23). The summed E-state index contributed by atoms with van der Waals surface area (Å²) in [7, 11) is 1.64. The van der Waals surface area contributed by atoms with Crippen molar-refractivity contribution in [3.8, 4) is 11.5 Å². The van der Waals surface area contributed by atoms with Gasteiger partial charge in [-0.25, -0.2) is 9.78 Å². The summed E-state index contributed by atoms with van der Waals surface area (Å²) in [6.07, 6.45) is 1.58. The lowest BCUT2D eigenvalue weighted by Crippen LogP contribution is -2.38. The van der Waals surface area contributed by atoms with Gasteiger partial charge in [0.05, 0.1) is 25.8 Å². The van der Waals surface area contributed by atoms with Gasteiger partial charge in [-0.2, -0.15) is 0 Å². The lowest BCUT2D eigenvalue weighted by atomic mass is 10.1. The van der Waals surface area contributed by atoms with Gasteiger partial charge in [-0.15, -0.1) is 0 Å². The zero-order valence-corrected chi connectivity index (χ0v) is 14.7. The van der Waals surface area contributed by atoms with Crippen LogP contribution in [0.3, 0.4) is 0 Å². The Morgan fingerprint density at radius 2 is 1.88 bits per heavy atom. The number of nitrogens with zero attached hydrogens (tertiary/aromatic N) is 2. The molecule has 1 saturated heterocycles. The number of aromatic nitrogens is 2. The zero-order chi connectivity index (χ0) is 17.9. The maximum atomic E-state index is 11.5. The maximum Gasteiger partial charge on any atom is 0.345 e. The van der Waals surface area contributed by atoms with Gasteiger partial charge in [-0.3, -0.25) is 4.90 Å². The Kier molecular flexibility index (Phi) is 4.73. The Morgan fingerprint density at radius 1 is 1.12 bits per heavy atom. The summed E-state index contributed by atoms with van der Waals surface area (Å²) in [6.45, 7) is 4.85. The van der Waals surface area contributed by atoms with E-state index in [0.29, 0.717) is 18.1 Å². The van der Waals surface area contributed by atoms with E-state index in [0.717, 1.165) is 54.5 Å². The van der Waals surface area contributed by atoms with Crippen LogP contribution in [0.5, 0.6) is 11.5 Å². The molecular weight excluding hydrogens is 334 g/mol. The minimum absolute atomic E-state index is 0.354. The van der Waals surface area contributed by atoms with E-state index < -0.39 is 0 Å². The van der Waals surface area contributed by atoms with Crippen LogP contribution < -0.4 is 15.2 Å². The third-order valence-corrected chi connectivity index (χ3v) is 4.62. The van der Waals surface area contributed by atoms with Crippen molar-refractivity contribution in [2.45, 2.75) is 0 Å². The molecule has 136 valence electrons. The van der Waals surface area contributed by atoms with Crippen LogP contribution in [0.2, 0.25) is 0 Å². The summed E-state index contributed by atoms with van der Waals surface area (Å²) in [5.74, 6) is 1.39. The highest BCUT2D eigenvalue weighted by Crippen LogP contribution is 2.33. The van der Waals surface area contributed by atoms with E-state index in [1.54, 1.807) is 13.3 Å². The lowest BCUT2D eigenvalue weighted by Gasteiger charge is -2.26. The first-order valence-corrected chi connectivity index (χ1v) is 8.67. The van der Waals surface area contributed by atoms with Gasteiger partial charge in [0.2, 0.25) is 0 Å². The Bertz CT molecular complexity index is 980. The lowest BCUT2D eigenvalue weighted by molar-refractivity contribution is 0.0321. The van der Waals surface area contributed by atoms with Gasteiger partial charge >= 0.3 is 5.69 Å². The van der Waals surface area contributed by atoms with E-state index in [9.17, 15) is 4.79 Å². The molecule has 1 fully saturated rings. The second-order valence-electron chi connectivity index (χ2n) is 6.28. The second kappa shape index (κ2) is 7.31. The molecule has 1 aliphatic rings. The maximum absolute atomic E-state index is 11.5. The van der Waals surface area contributed by atoms with Crippen LogP contribution >= 0.6 is 0 Å². The fourth-order valence-electron chi connectivity index (χ4n) is 3.20. The summed E-state index contributed by atoms with van der Waals surface area (Å²) in [5, 5.41) is 2.85. The van der Waals surface area contributed by atoms with E-state index in [1.165, 1.54) is 0 Å². The highest BCUT2D eigenvalue weighted by molar-refractivity contribution is 5.97. The number of ether oxygens (including phenoxy) is 3. The van der Waals surface area contributed by atoms with Crippen molar-refractivity contribution >= 4 is 21.7 Å². The van der Waals surface area contributed by atoms with E-state index in [2.05, 4.69) is 14.9 Å². The van der Waals surface area contributed by atoms with Gasteiger partial charge in [-0.1, -0.05) is 0 Å². The van der Waals surface area contributed by atoms with Crippen molar-refractivity contribution in [1.82, 2.24) is 14.9 Å². The van der Waals surface area contributed by atoms with Gasteiger partial charge in [0.25, 0.3) is 0 Å². The monoisotopic (exact) mass is 355 g/mol. The summed E-state index contributed by atoms with van der Waals surface area (Å²) < 4.78 is 16.8. The molecule has 26 heavy (non-hydrogen) atoms. The number of benzene rings is 2. The van der Waals surface area contributed by atoms with Crippen LogP contribution in [0.15, 0.2) is 35.3 Å². The molecule has 0 bridgehead atoms. The average Bonchev–Trinajstić information content (AvgIpc) is 2.66. The van der Waals surface area contributed by atoms with Crippen LogP contribution in [0.25, 0.3) is 21.7 Å². The van der Waals surface area contributed by atoms with Gasteiger partial charge < -0.3 is 19.2 Å². The molecule has 0 unspecified atom stereocenters. The first kappa shape index (κ1) is 16.8. The van der Waals surface area contributed by atoms with Crippen molar-refractivity contribution in [3.63, 3.8) is 0 Å². The van der Waals surface area contributed by atoms with Crippen molar-refractivity contribution in [2.75, 3.05) is 46.6 Å². The molecule has 0 radical (unpaired) electrons. The number of rotatable bonds is 5. The van der Waals surface area contributed by atoms with E-state index in [1.807, 2.05) is 24.3 Å². The molecule has 0 amide bonds. The molecule has 0 spiro atoms. The number of fused-ring (bicyclic) bond motifs is 2. The molecule has 0 aliphatic carbocycles. The van der Waals surface area contributed by atoms with Crippen LogP contribution in [0.4, 0.5) is 0 Å². The number of hydrogen-bond acceptors (Lipinski definition) is 6. The molecule has 3 aromatic rings. The molecule has 1 aliphatic heterocycles. The quantitative estimate of drug-likeness (QED) is 0.703. The first-order chi connectivity index (χ1) is 12.7. The van der Waals surface area contributed by atoms with Crippen LogP contribution in [0.1, 0.15) is 0 Å². The number of morpholine rings is 1. The van der Waals surface area contributed by atoms with Crippen molar-refractivity contribution in [1.29, 1.82) is 0 Å². The van der Waals surface area contributed by atoms with Crippen molar-refractivity contribution < 1.29 is 14.2 Å². The fraction of sp³-hybridized carbons (Fsp3) is 0.368. The highest BCUT2D eigenvalue weighted by Gasteiger charge is 2.12. The van der Waals surface area contributed by atoms with Crippen LogP contribution in [-0.2, 0) is 4.74 Å². The van der Waals surface area contributed by atoms with Crippen LogP contribution in [0, 0.1) is 0 Å². The normalized spacial score (nSPS) is 15.4. The second-order valence-corrected chi connectivity index (χ2v) is 6.28. The minimum Gasteiger partial charge on any atom is -0.493 e. The topological polar surface area (TPSA) is 76.7 Å². The number of aromatic amines is 1. The smallest absolute Gasteiger partial charge is 0.345 e. The SMILES string of the molecule is COc1cc2cc3cnc(=O)[nH]c3cc2cc1OCCN1CCOCC1. The molecule has 7 heteroatoms. The zero-order valence-electron chi connectivity index (χ0n) is 14.7. The average molecular weight is 355 g/mol. The Balaban J connectivity index is 1.60. The molecule has 0 atom stereocenters. The number of H-pyrrole nitrogens is 1. The van der Waals surface area contributed by atoms with E-state index in [4.69, 9.17) is 14.2 Å². The van der Waals surface area contributed by atoms with E-state index in [-0.39, 0.29) is 5.69 Å². The van der Waals surface area contributed by atoms with Gasteiger partial charge in [0.15, 0.2) is 11.5 Å². The Labute approximate surface area is 150 Å². The van der Waals surface area contributed by atoms with E-state index >= 15 is 0 Å². The summed E-state index contributed by atoms with van der Waals surface area (Å²) >= 11 is 0. The first-order valence-electron chi connectivity index (χ1n) is 8.67. The van der Waals surface area contributed by atoms with Gasteiger partial charge in [0.1, 0.15) is 6.61 Å². The molecule has 1 aromatic heterocycles. The van der Waals surface area contributed by atoms with Gasteiger partial charge in [-0.05, 0) is 35.0 Å². The fourth-order valence-corrected chi connectivity index (χ4v) is 3.20.